The molecule has 0 saturated carbocycles. The van der Waals surface area contributed by atoms with Crippen LogP contribution in [0.1, 0.15) is 47.9 Å². The van der Waals surface area contributed by atoms with Gasteiger partial charge in [0.05, 0.1) is 24.8 Å². The Hall–Kier alpha value is -2.68. The number of aromatic nitrogens is 2. The van der Waals surface area contributed by atoms with Crippen molar-refractivity contribution < 1.29 is 22.7 Å². The molecule has 1 amide bonds. The Balaban J connectivity index is 2.29. The predicted octanol–water partition coefficient (Wildman–Crippen LogP) is 3.43. The summed E-state index contributed by atoms with van der Waals surface area (Å²) < 4.78 is 45.2. The SMILES string of the molecule is COCCn1nc(C(=O)NC(CC(C)C)c2cccc(C(F)(F)F)c2)ccc1=O. The van der Waals surface area contributed by atoms with E-state index in [0.29, 0.717) is 12.0 Å². The molecular weight excluding hydrogens is 387 g/mol. The monoisotopic (exact) mass is 411 g/mol. The summed E-state index contributed by atoms with van der Waals surface area (Å²) >= 11 is 0. The maximum Gasteiger partial charge on any atom is 0.416 e. The molecule has 1 aromatic carbocycles. The van der Waals surface area contributed by atoms with Crippen LogP contribution >= 0.6 is 0 Å². The fourth-order valence-electron chi connectivity index (χ4n) is 2.82. The number of hydrogen-bond acceptors (Lipinski definition) is 4. The van der Waals surface area contributed by atoms with Gasteiger partial charge in [-0.25, -0.2) is 4.68 Å². The van der Waals surface area contributed by atoms with Crippen molar-refractivity contribution in [3.63, 3.8) is 0 Å². The molecule has 1 heterocycles. The van der Waals surface area contributed by atoms with Gasteiger partial charge in [-0.05, 0) is 36.1 Å². The second kappa shape index (κ2) is 9.69. The van der Waals surface area contributed by atoms with Gasteiger partial charge in [0.15, 0.2) is 0 Å². The first kappa shape index (κ1) is 22.6. The molecule has 0 aliphatic heterocycles. The van der Waals surface area contributed by atoms with Crippen LogP contribution in [0.3, 0.4) is 0 Å². The Bertz CT molecular complexity index is 894. The van der Waals surface area contributed by atoms with E-state index in [-0.39, 0.29) is 30.3 Å². The highest BCUT2D eigenvalue weighted by Crippen LogP contribution is 2.32. The van der Waals surface area contributed by atoms with E-state index >= 15 is 0 Å². The van der Waals surface area contributed by atoms with Crippen LogP contribution in [0.25, 0.3) is 0 Å². The normalized spacial score (nSPS) is 12.8. The molecule has 0 bridgehead atoms. The number of nitrogens with zero attached hydrogens (tertiary/aromatic N) is 2. The van der Waals surface area contributed by atoms with E-state index in [4.69, 9.17) is 4.74 Å². The first-order valence-corrected chi connectivity index (χ1v) is 9.17. The Labute approximate surface area is 166 Å². The van der Waals surface area contributed by atoms with Gasteiger partial charge in [0.1, 0.15) is 5.69 Å². The number of nitrogens with one attached hydrogen (secondary N) is 1. The van der Waals surface area contributed by atoms with Crippen molar-refractivity contribution in [2.24, 2.45) is 5.92 Å². The molecule has 0 aliphatic carbocycles. The van der Waals surface area contributed by atoms with E-state index in [1.165, 1.54) is 25.3 Å². The Morgan fingerprint density at radius 2 is 1.97 bits per heavy atom. The van der Waals surface area contributed by atoms with Crippen LogP contribution < -0.4 is 10.9 Å². The van der Waals surface area contributed by atoms with Crippen LogP contribution in [-0.2, 0) is 17.5 Å². The van der Waals surface area contributed by atoms with Crippen molar-refractivity contribution in [1.29, 1.82) is 0 Å². The summed E-state index contributed by atoms with van der Waals surface area (Å²) in [5.41, 5.74) is -0.796. The zero-order valence-electron chi connectivity index (χ0n) is 16.5. The van der Waals surface area contributed by atoms with E-state index in [1.54, 1.807) is 6.07 Å². The Kier molecular flexibility index (Phi) is 7.55. The molecule has 0 radical (unpaired) electrons. The molecule has 0 saturated heterocycles. The van der Waals surface area contributed by atoms with Crippen molar-refractivity contribution in [3.05, 3.63) is 63.6 Å². The van der Waals surface area contributed by atoms with Crippen molar-refractivity contribution in [3.8, 4) is 0 Å². The maximum atomic E-state index is 13.1. The van der Waals surface area contributed by atoms with Gasteiger partial charge in [-0.15, -0.1) is 0 Å². The summed E-state index contributed by atoms with van der Waals surface area (Å²) in [7, 11) is 1.48. The van der Waals surface area contributed by atoms with Crippen LogP contribution in [0.15, 0.2) is 41.2 Å². The molecule has 6 nitrogen and oxygen atoms in total. The van der Waals surface area contributed by atoms with E-state index in [1.807, 2.05) is 13.8 Å². The molecule has 1 aromatic heterocycles. The van der Waals surface area contributed by atoms with E-state index < -0.39 is 23.7 Å². The average Bonchev–Trinajstić information content (AvgIpc) is 2.66. The summed E-state index contributed by atoms with van der Waals surface area (Å²) in [6.45, 7) is 4.25. The van der Waals surface area contributed by atoms with Crippen molar-refractivity contribution in [2.45, 2.75) is 39.0 Å². The number of hydrogen-bond donors (Lipinski definition) is 1. The van der Waals surface area contributed by atoms with Gasteiger partial charge in [-0.1, -0.05) is 26.0 Å². The molecule has 0 spiro atoms. The Morgan fingerprint density at radius 1 is 1.24 bits per heavy atom. The minimum absolute atomic E-state index is 0.00133. The number of amides is 1. The van der Waals surface area contributed by atoms with Gasteiger partial charge in [-0.3, -0.25) is 9.59 Å². The van der Waals surface area contributed by atoms with Crippen molar-refractivity contribution >= 4 is 5.91 Å². The third-order valence-electron chi connectivity index (χ3n) is 4.24. The molecule has 1 atom stereocenters. The van der Waals surface area contributed by atoms with Gasteiger partial charge in [0.2, 0.25) is 0 Å². The highest BCUT2D eigenvalue weighted by Gasteiger charge is 2.31. The number of halogens is 3. The van der Waals surface area contributed by atoms with Gasteiger partial charge >= 0.3 is 6.18 Å². The maximum absolute atomic E-state index is 13.1. The minimum Gasteiger partial charge on any atom is -0.383 e. The molecule has 29 heavy (non-hydrogen) atoms. The predicted molar refractivity (Wildman–Crippen MR) is 101 cm³/mol. The number of alkyl halides is 3. The molecule has 2 rings (SSSR count). The molecule has 1 unspecified atom stereocenters. The highest BCUT2D eigenvalue weighted by atomic mass is 19.4. The summed E-state index contributed by atoms with van der Waals surface area (Å²) in [5.74, 6) is -0.447. The standard InChI is InChI=1S/C20H24F3N3O3/c1-13(2)11-17(14-5-4-6-15(12-14)20(21,22)23)24-19(28)16-7-8-18(27)26(25-16)9-10-29-3/h4-8,12-13,17H,9-11H2,1-3H3,(H,24,28). The average molecular weight is 411 g/mol. The molecule has 0 aliphatic rings. The molecule has 0 fully saturated rings. The zero-order chi connectivity index (χ0) is 21.6. The number of rotatable bonds is 8. The fourth-order valence-corrected chi connectivity index (χ4v) is 2.82. The number of methoxy groups -OCH3 is 1. The minimum atomic E-state index is -4.47. The van der Waals surface area contributed by atoms with E-state index in [9.17, 15) is 22.8 Å². The van der Waals surface area contributed by atoms with Crippen LogP contribution in [0.4, 0.5) is 13.2 Å². The van der Waals surface area contributed by atoms with E-state index in [2.05, 4.69) is 10.4 Å². The number of carbonyl (C=O) groups is 1. The third-order valence-corrected chi connectivity index (χ3v) is 4.24. The lowest BCUT2D eigenvalue weighted by molar-refractivity contribution is -0.137. The molecule has 158 valence electrons. The van der Waals surface area contributed by atoms with Gasteiger partial charge in [0, 0.05) is 13.2 Å². The van der Waals surface area contributed by atoms with Gasteiger partial charge in [0.25, 0.3) is 11.5 Å². The van der Waals surface area contributed by atoms with E-state index in [0.717, 1.165) is 16.8 Å². The number of ether oxygens (including phenoxy) is 1. The summed E-state index contributed by atoms with van der Waals surface area (Å²) in [5, 5.41) is 6.77. The Morgan fingerprint density at radius 3 is 2.59 bits per heavy atom. The highest BCUT2D eigenvalue weighted by molar-refractivity contribution is 5.92. The van der Waals surface area contributed by atoms with Crippen LogP contribution in [0.2, 0.25) is 0 Å². The summed E-state index contributed by atoms with van der Waals surface area (Å²) in [6, 6.07) is 6.78. The van der Waals surface area contributed by atoms with Gasteiger partial charge < -0.3 is 10.1 Å². The molecule has 2 aromatic rings. The molecule has 1 N–H and O–H groups in total. The lowest BCUT2D eigenvalue weighted by Crippen LogP contribution is -2.33. The second-order valence-corrected chi connectivity index (χ2v) is 7.05. The smallest absolute Gasteiger partial charge is 0.383 e. The van der Waals surface area contributed by atoms with Crippen LogP contribution in [0, 0.1) is 5.92 Å². The summed E-state index contributed by atoms with van der Waals surface area (Å²) in [4.78, 5) is 24.5. The third kappa shape index (κ3) is 6.42. The second-order valence-electron chi connectivity index (χ2n) is 7.05. The first-order valence-electron chi connectivity index (χ1n) is 9.17. The van der Waals surface area contributed by atoms with Crippen LogP contribution in [0.5, 0.6) is 0 Å². The fraction of sp³-hybridized carbons (Fsp3) is 0.450. The quantitative estimate of drug-likeness (QED) is 0.722. The van der Waals surface area contributed by atoms with Crippen molar-refractivity contribution in [2.75, 3.05) is 13.7 Å². The lowest BCUT2D eigenvalue weighted by atomic mass is 9.95. The summed E-state index contributed by atoms with van der Waals surface area (Å²) in [6.07, 6.45) is -4.03. The first-order chi connectivity index (χ1) is 13.6. The number of benzene rings is 1. The molecule has 9 heteroatoms. The zero-order valence-corrected chi connectivity index (χ0v) is 16.5. The lowest BCUT2D eigenvalue weighted by Gasteiger charge is -2.22. The van der Waals surface area contributed by atoms with Gasteiger partial charge in [-0.2, -0.15) is 18.3 Å². The molecular formula is C20H24F3N3O3. The van der Waals surface area contributed by atoms with Crippen molar-refractivity contribution in [1.82, 2.24) is 15.1 Å². The number of carbonyl (C=O) groups excluding carboxylic acids is 1. The largest absolute Gasteiger partial charge is 0.416 e. The van der Waals surface area contributed by atoms with Crippen LogP contribution in [-0.4, -0.2) is 29.4 Å². The topological polar surface area (TPSA) is 73.2 Å².